The Morgan fingerprint density at radius 3 is 1.84 bits per heavy atom. The van der Waals surface area contributed by atoms with E-state index < -0.39 is 0 Å². The molecule has 1 aromatic heterocycles. The molecule has 0 amide bonds. The number of halogens is 2. The zero-order chi connectivity index (χ0) is 12.3. The van der Waals surface area contributed by atoms with E-state index in [4.69, 9.17) is 14.2 Å². The van der Waals surface area contributed by atoms with Crippen molar-refractivity contribution in [3.05, 3.63) is 0 Å². The molecule has 1 aromatic rings. The van der Waals surface area contributed by atoms with Crippen LogP contribution in [0.3, 0.4) is 0 Å². The minimum atomic E-state index is 0. The molecule has 2 rings (SSSR count). The molecule has 9 heteroatoms. The number of ether oxygens (including phenoxy) is 3. The van der Waals surface area contributed by atoms with Gasteiger partial charge in [0.05, 0.1) is 34.5 Å². The molecule has 0 aromatic carbocycles. The normalized spacial score (nSPS) is 16.8. The summed E-state index contributed by atoms with van der Waals surface area (Å²) in [6.45, 7) is 3.06. The highest BCUT2D eigenvalue weighted by molar-refractivity contribution is 5.85. The summed E-state index contributed by atoms with van der Waals surface area (Å²) in [6.07, 6.45) is 0. The fraction of sp³-hybridized carbons (Fsp3) is 0.700. The highest BCUT2D eigenvalue weighted by Crippen LogP contribution is 2.22. The number of hydrogen-bond acceptors (Lipinski definition) is 6. The second-order valence-corrected chi connectivity index (χ2v) is 4.06. The average molecular weight is 314 g/mol. The lowest BCUT2D eigenvalue weighted by molar-refractivity contribution is 0.0489. The van der Waals surface area contributed by atoms with Gasteiger partial charge in [0.2, 0.25) is 0 Å². The van der Waals surface area contributed by atoms with E-state index in [9.17, 15) is 0 Å². The van der Waals surface area contributed by atoms with Gasteiger partial charge in [-0.25, -0.2) is 0 Å². The van der Waals surface area contributed by atoms with E-state index >= 15 is 0 Å². The van der Waals surface area contributed by atoms with Gasteiger partial charge in [-0.05, 0) is 0 Å². The Balaban J connectivity index is 0.00000162. The summed E-state index contributed by atoms with van der Waals surface area (Å²) in [4.78, 5) is 12.6. The fourth-order valence-corrected chi connectivity index (χ4v) is 1.70. The second-order valence-electron chi connectivity index (χ2n) is 4.06. The Morgan fingerprint density at radius 2 is 1.42 bits per heavy atom. The van der Waals surface area contributed by atoms with Crippen molar-refractivity contribution in [3.63, 3.8) is 0 Å². The van der Waals surface area contributed by atoms with Crippen molar-refractivity contribution in [3.8, 4) is 12.0 Å². The minimum absolute atomic E-state index is 0. The number of methoxy groups -OCH3 is 2. The van der Waals surface area contributed by atoms with Crippen molar-refractivity contribution >= 4 is 30.8 Å². The van der Waals surface area contributed by atoms with Crippen LogP contribution in [0, 0.1) is 0 Å². The molecular weight excluding hydrogens is 295 g/mol. The maximum atomic E-state index is 5.35. The molecule has 0 N–H and O–H groups in total. The van der Waals surface area contributed by atoms with Crippen molar-refractivity contribution in [1.29, 1.82) is 0 Å². The standard InChI is InChI=1S/C10H17N4O3.2ClH/c1-14(4-6-17-7-5-14)8-11-9(15-2)13-10(12-8)16-3;;/h4-7H2,1-3H3;2*1H/q+1;;. The first-order valence-corrected chi connectivity index (χ1v) is 5.45. The zero-order valence-electron chi connectivity index (χ0n) is 11.2. The van der Waals surface area contributed by atoms with Gasteiger partial charge < -0.3 is 14.2 Å². The summed E-state index contributed by atoms with van der Waals surface area (Å²) >= 11 is 0. The van der Waals surface area contributed by atoms with Crippen molar-refractivity contribution < 1.29 is 14.2 Å². The largest absolute Gasteiger partial charge is 0.466 e. The maximum absolute atomic E-state index is 5.35. The summed E-state index contributed by atoms with van der Waals surface area (Å²) in [5, 5.41) is 0. The summed E-state index contributed by atoms with van der Waals surface area (Å²) in [5.41, 5.74) is 0. The van der Waals surface area contributed by atoms with Crippen LogP contribution >= 0.6 is 24.8 Å². The van der Waals surface area contributed by atoms with Gasteiger partial charge in [0, 0.05) is 0 Å². The van der Waals surface area contributed by atoms with Gasteiger partial charge in [-0.3, -0.25) is 4.48 Å². The zero-order valence-corrected chi connectivity index (χ0v) is 12.8. The summed E-state index contributed by atoms with van der Waals surface area (Å²) in [6, 6.07) is 0.551. The van der Waals surface area contributed by atoms with Gasteiger partial charge in [-0.2, -0.15) is 0 Å². The lowest BCUT2D eigenvalue weighted by Crippen LogP contribution is -2.54. The molecule has 0 atom stereocenters. The molecule has 0 unspecified atom stereocenters. The third-order valence-corrected chi connectivity index (χ3v) is 2.89. The molecule has 1 fully saturated rings. The summed E-state index contributed by atoms with van der Waals surface area (Å²) in [5.74, 6) is 0.650. The van der Waals surface area contributed by atoms with E-state index in [-0.39, 0.29) is 36.8 Å². The fourth-order valence-electron chi connectivity index (χ4n) is 1.70. The highest BCUT2D eigenvalue weighted by atomic mass is 35.5. The molecule has 1 aliphatic rings. The number of aromatic nitrogens is 3. The Kier molecular flexibility index (Phi) is 7.28. The highest BCUT2D eigenvalue weighted by Gasteiger charge is 2.32. The molecule has 0 spiro atoms. The lowest BCUT2D eigenvalue weighted by atomic mass is 10.4. The summed E-state index contributed by atoms with van der Waals surface area (Å²) in [7, 11) is 5.12. The van der Waals surface area contributed by atoms with E-state index in [0.717, 1.165) is 13.1 Å². The minimum Gasteiger partial charge on any atom is -0.466 e. The molecule has 0 radical (unpaired) electrons. The lowest BCUT2D eigenvalue weighted by Gasteiger charge is -2.34. The van der Waals surface area contributed by atoms with Crippen LogP contribution in [-0.2, 0) is 4.74 Å². The third-order valence-electron chi connectivity index (χ3n) is 2.89. The van der Waals surface area contributed by atoms with Crippen LogP contribution in [0.1, 0.15) is 0 Å². The van der Waals surface area contributed by atoms with Crippen LogP contribution in [-0.4, -0.2) is 62.5 Å². The number of nitrogens with zero attached hydrogens (tertiary/aromatic N) is 4. The Labute approximate surface area is 124 Å². The molecule has 7 nitrogen and oxygen atoms in total. The van der Waals surface area contributed by atoms with Crippen molar-refractivity contribution in [2.45, 2.75) is 0 Å². The van der Waals surface area contributed by atoms with Gasteiger partial charge in [0.1, 0.15) is 13.1 Å². The first kappa shape index (κ1) is 18.1. The van der Waals surface area contributed by atoms with Gasteiger partial charge >= 0.3 is 18.0 Å². The van der Waals surface area contributed by atoms with Gasteiger partial charge in [0.15, 0.2) is 0 Å². The van der Waals surface area contributed by atoms with Crippen LogP contribution in [0.25, 0.3) is 0 Å². The molecule has 0 aliphatic carbocycles. The first-order chi connectivity index (χ1) is 8.18. The third kappa shape index (κ3) is 4.04. The van der Waals surface area contributed by atoms with Crippen molar-refractivity contribution in [2.75, 3.05) is 47.6 Å². The molecule has 19 heavy (non-hydrogen) atoms. The number of rotatable bonds is 3. The molecule has 1 aliphatic heterocycles. The van der Waals surface area contributed by atoms with E-state index in [1.165, 1.54) is 14.2 Å². The van der Waals surface area contributed by atoms with Gasteiger partial charge in [0.25, 0.3) is 0 Å². The van der Waals surface area contributed by atoms with Crippen LogP contribution in [0.2, 0.25) is 0 Å². The quantitative estimate of drug-likeness (QED) is 0.765. The molecule has 110 valence electrons. The number of quaternary nitrogens is 1. The van der Waals surface area contributed by atoms with E-state index in [1.807, 2.05) is 0 Å². The molecule has 0 bridgehead atoms. The van der Waals surface area contributed by atoms with E-state index in [0.29, 0.717) is 23.6 Å². The van der Waals surface area contributed by atoms with Crippen LogP contribution in [0.5, 0.6) is 12.0 Å². The number of hydrogen-bond donors (Lipinski definition) is 0. The first-order valence-electron chi connectivity index (χ1n) is 5.45. The topological polar surface area (TPSA) is 66.4 Å². The monoisotopic (exact) mass is 313 g/mol. The molecule has 1 saturated heterocycles. The predicted octanol–water partition coefficient (Wildman–Crippen LogP) is 0.700. The maximum Gasteiger partial charge on any atom is 0.338 e. The predicted molar refractivity (Wildman–Crippen MR) is 75.7 cm³/mol. The van der Waals surface area contributed by atoms with Crippen molar-refractivity contribution in [2.24, 2.45) is 0 Å². The Bertz CT molecular complexity index is 380. The molecular formula is C10H19Cl2N4O3+. The SMILES string of the molecule is COc1nc(OC)nc([N+]2(C)CCOCC2)n1.Cl.Cl. The van der Waals surface area contributed by atoms with E-state index in [2.05, 4.69) is 22.0 Å². The molecule has 2 heterocycles. The summed E-state index contributed by atoms with van der Waals surface area (Å²) < 4.78 is 16.1. The molecule has 0 saturated carbocycles. The average Bonchev–Trinajstić information content (AvgIpc) is 2.39. The number of likely N-dealkylation sites (N-methyl/N-ethyl adjacent to an activating group) is 1. The second kappa shape index (κ2) is 7.64. The van der Waals surface area contributed by atoms with Gasteiger partial charge in [-0.1, -0.05) is 0 Å². The van der Waals surface area contributed by atoms with Crippen LogP contribution in [0.4, 0.5) is 5.95 Å². The Morgan fingerprint density at radius 1 is 0.947 bits per heavy atom. The Hall–Kier alpha value is -0.890. The smallest absolute Gasteiger partial charge is 0.338 e. The van der Waals surface area contributed by atoms with Crippen LogP contribution in [0.15, 0.2) is 0 Å². The van der Waals surface area contributed by atoms with E-state index in [1.54, 1.807) is 0 Å². The van der Waals surface area contributed by atoms with Crippen molar-refractivity contribution in [1.82, 2.24) is 19.4 Å². The van der Waals surface area contributed by atoms with Crippen LogP contribution < -0.4 is 14.0 Å². The van der Waals surface area contributed by atoms with Gasteiger partial charge in [-0.15, -0.1) is 39.8 Å². The number of morpholine rings is 1.